The number of aliphatic hydroxyl groups is 1. The second-order valence-electron chi connectivity index (χ2n) is 4.71. The van der Waals surface area contributed by atoms with Gasteiger partial charge in [0.1, 0.15) is 0 Å². The average molecular weight is 184 g/mol. The van der Waals surface area contributed by atoms with E-state index in [4.69, 9.17) is 4.74 Å². The maximum absolute atomic E-state index is 9.87. The van der Waals surface area contributed by atoms with E-state index in [1.54, 1.807) is 7.11 Å². The van der Waals surface area contributed by atoms with Crippen molar-refractivity contribution < 1.29 is 9.84 Å². The zero-order valence-electron chi connectivity index (χ0n) is 8.41. The SMILES string of the molecule is COCC1CC(O)C(C2CCC2)C1. The molecule has 0 saturated heterocycles. The molecule has 2 aliphatic carbocycles. The van der Waals surface area contributed by atoms with Gasteiger partial charge in [-0.1, -0.05) is 19.3 Å². The second kappa shape index (κ2) is 3.97. The first kappa shape index (κ1) is 9.47. The van der Waals surface area contributed by atoms with Crippen LogP contribution in [0.4, 0.5) is 0 Å². The molecule has 0 aliphatic heterocycles. The molecule has 0 aromatic rings. The summed E-state index contributed by atoms with van der Waals surface area (Å²) in [5.74, 6) is 2.04. The molecule has 0 bridgehead atoms. The van der Waals surface area contributed by atoms with Crippen molar-refractivity contribution >= 4 is 0 Å². The molecule has 0 heterocycles. The molecule has 0 amide bonds. The minimum Gasteiger partial charge on any atom is -0.393 e. The van der Waals surface area contributed by atoms with Crippen LogP contribution in [-0.4, -0.2) is 24.9 Å². The van der Waals surface area contributed by atoms with Gasteiger partial charge in [-0.15, -0.1) is 0 Å². The lowest BCUT2D eigenvalue weighted by molar-refractivity contribution is 0.0672. The Morgan fingerprint density at radius 3 is 2.62 bits per heavy atom. The lowest BCUT2D eigenvalue weighted by Crippen LogP contribution is -2.27. The molecule has 2 saturated carbocycles. The van der Waals surface area contributed by atoms with Gasteiger partial charge in [0.25, 0.3) is 0 Å². The Bertz CT molecular complexity index is 165. The summed E-state index contributed by atoms with van der Waals surface area (Å²) in [5.41, 5.74) is 0. The van der Waals surface area contributed by atoms with Crippen LogP contribution < -0.4 is 0 Å². The van der Waals surface area contributed by atoms with Gasteiger partial charge >= 0.3 is 0 Å². The number of ether oxygens (including phenoxy) is 1. The average Bonchev–Trinajstić information content (AvgIpc) is 2.30. The van der Waals surface area contributed by atoms with Gasteiger partial charge in [-0.25, -0.2) is 0 Å². The molecule has 1 N–H and O–H groups in total. The van der Waals surface area contributed by atoms with Gasteiger partial charge in [0.2, 0.25) is 0 Å². The van der Waals surface area contributed by atoms with Crippen molar-refractivity contribution in [2.75, 3.05) is 13.7 Å². The van der Waals surface area contributed by atoms with Crippen LogP contribution in [0.15, 0.2) is 0 Å². The molecule has 0 spiro atoms. The molecule has 3 atom stereocenters. The monoisotopic (exact) mass is 184 g/mol. The van der Waals surface area contributed by atoms with Crippen LogP contribution in [-0.2, 0) is 4.74 Å². The summed E-state index contributed by atoms with van der Waals surface area (Å²) >= 11 is 0. The van der Waals surface area contributed by atoms with Crippen LogP contribution in [0.1, 0.15) is 32.1 Å². The van der Waals surface area contributed by atoms with Crippen LogP contribution in [0.2, 0.25) is 0 Å². The first-order valence-electron chi connectivity index (χ1n) is 5.48. The topological polar surface area (TPSA) is 29.5 Å². The highest BCUT2D eigenvalue weighted by atomic mass is 16.5. The van der Waals surface area contributed by atoms with E-state index >= 15 is 0 Å². The number of hydrogen-bond donors (Lipinski definition) is 1. The molecule has 13 heavy (non-hydrogen) atoms. The maximum atomic E-state index is 9.87. The third-order valence-electron chi connectivity index (χ3n) is 3.83. The van der Waals surface area contributed by atoms with Crippen LogP contribution in [0.25, 0.3) is 0 Å². The van der Waals surface area contributed by atoms with Crippen molar-refractivity contribution in [1.29, 1.82) is 0 Å². The van der Waals surface area contributed by atoms with E-state index in [1.165, 1.54) is 25.7 Å². The lowest BCUT2D eigenvalue weighted by Gasteiger charge is -2.33. The van der Waals surface area contributed by atoms with E-state index in [0.717, 1.165) is 18.9 Å². The Labute approximate surface area is 80.3 Å². The third-order valence-corrected chi connectivity index (χ3v) is 3.83. The highest BCUT2D eigenvalue weighted by molar-refractivity contribution is 4.90. The van der Waals surface area contributed by atoms with Gasteiger partial charge in [-0.3, -0.25) is 0 Å². The number of aliphatic hydroxyl groups excluding tert-OH is 1. The van der Waals surface area contributed by atoms with E-state index in [9.17, 15) is 5.11 Å². The van der Waals surface area contributed by atoms with Gasteiger partial charge in [0, 0.05) is 13.7 Å². The van der Waals surface area contributed by atoms with E-state index in [1.807, 2.05) is 0 Å². The molecule has 2 nitrogen and oxygen atoms in total. The summed E-state index contributed by atoms with van der Waals surface area (Å²) in [6.07, 6.45) is 6.20. The summed E-state index contributed by atoms with van der Waals surface area (Å²) in [4.78, 5) is 0. The van der Waals surface area contributed by atoms with E-state index in [0.29, 0.717) is 11.8 Å². The predicted octanol–water partition coefficient (Wildman–Crippen LogP) is 1.82. The van der Waals surface area contributed by atoms with Crippen molar-refractivity contribution in [1.82, 2.24) is 0 Å². The Hall–Kier alpha value is -0.0800. The lowest BCUT2D eigenvalue weighted by atomic mass is 9.74. The standard InChI is InChI=1S/C11H20O2/c1-13-7-8-5-10(11(12)6-8)9-3-2-4-9/h8-12H,2-7H2,1H3. The Kier molecular flexibility index (Phi) is 2.89. The Morgan fingerprint density at radius 1 is 1.31 bits per heavy atom. The fourth-order valence-electron chi connectivity index (χ4n) is 2.90. The quantitative estimate of drug-likeness (QED) is 0.725. The largest absolute Gasteiger partial charge is 0.393 e. The van der Waals surface area contributed by atoms with Gasteiger partial charge in [-0.2, -0.15) is 0 Å². The summed E-state index contributed by atoms with van der Waals surface area (Å²) < 4.78 is 5.14. The molecule has 2 rings (SSSR count). The molecule has 0 radical (unpaired) electrons. The van der Waals surface area contributed by atoms with Crippen LogP contribution in [0.3, 0.4) is 0 Å². The highest BCUT2D eigenvalue weighted by Crippen LogP contribution is 2.44. The summed E-state index contributed by atoms with van der Waals surface area (Å²) in [6, 6.07) is 0. The van der Waals surface area contributed by atoms with Gasteiger partial charge in [-0.05, 0) is 30.6 Å². The predicted molar refractivity (Wildman–Crippen MR) is 51.4 cm³/mol. The maximum Gasteiger partial charge on any atom is 0.0574 e. The molecule has 76 valence electrons. The van der Waals surface area contributed by atoms with E-state index in [-0.39, 0.29) is 6.10 Å². The van der Waals surface area contributed by atoms with Crippen molar-refractivity contribution in [3.05, 3.63) is 0 Å². The molecule has 3 unspecified atom stereocenters. The minimum absolute atomic E-state index is 0.0366. The van der Waals surface area contributed by atoms with Gasteiger partial charge in [0.05, 0.1) is 6.10 Å². The molecule has 0 aromatic heterocycles. The van der Waals surface area contributed by atoms with Crippen LogP contribution in [0, 0.1) is 17.8 Å². The molecule has 0 aromatic carbocycles. The number of rotatable bonds is 3. The van der Waals surface area contributed by atoms with Crippen molar-refractivity contribution in [2.45, 2.75) is 38.2 Å². The van der Waals surface area contributed by atoms with Gasteiger partial charge < -0.3 is 9.84 Å². The molecule has 2 heteroatoms. The molecule has 2 aliphatic rings. The zero-order chi connectivity index (χ0) is 9.26. The summed E-state index contributed by atoms with van der Waals surface area (Å²) in [5, 5.41) is 9.87. The Balaban J connectivity index is 1.84. The number of hydrogen-bond acceptors (Lipinski definition) is 2. The molecule has 2 fully saturated rings. The first-order valence-corrected chi connectivity index (χ1v) is 5.48. The summed E-state index contributed by atoms with van der Waals surface area (Å²) in [6.45, 7) is 0.834. The third kappa shape index (κ3) is 1.89. The fourth-order valence-corrected chi connectivity index (χ4v) is 2.90. The zero-order valence-corrected chi connectivity index (χ0v) is 8.41. The smallest absolute Gasteiger partial charge is 0.0574 e. The fraction of sp³-hybridized carbons (Fsp3) is 1.00. The number of methoxy groups -OCH3 is 1. The second-order valence-corrected chi connectivity index (χ2v) is 4.71. The highest BCUT2D eigenvalue weighted by Gasteiger charge is 2.39. The molecular weight excluding hydrogens is 164 g/mol. The van der Waals surface area contributed by atoms with Gasteiger partial charge in [0.15, 0.2) is 0 Å². The van der Waals surface area contributed by atoms with Crippen molar-refractivity contribution in [2.24, 2.45) is 17.8 Å². The molecular formula is C11H20O2. The normalized spacial score (nSPS) is 40.6. The minimum atomic E-state index is -0.0366. The summed E-state index contributed by atoms with van der Waals surface area (Å²) in [7, 11) is 1.75. The Morgan fingerprint density at radius 2 is 2.08 bits per heavy atom. The van der Waals surface area contributed by atoms with Crippen molar-refractivity contribution in [3.8, 4) is 0 Å². The van der Waals surface area contributed by atoms with E-state index < -0.39 is 0 Å². The van der Waals surface area contributed by atoms with Crippen LogP contribution in [0.5, 0.6) is 0 Å². The van der Waals surface area contributed by atoms with Crippen LogP contribution >= 0.6 is 0 Å². The van der Waals surface area contributed by atoms with Crippen molar-refractivity contribution in [3.63, 3.8) is 0 Å². The first-order chi connectivity index (χ1) is 6.31. The van der Waals surface area contributed by atoms with E-state index in [2.05, 4.69) is 0 Å².